The van der Waals surface area contributed by atoms with Gasteiger partial charge in [0.2, 0.25) is 0 Å². The minimum Gasteiger partial charge on any atom is -0.490 e. The van der Waals surface area contributed by atoms with Crippen LogP contribution in [-0.2, 0) is 11.3 Å². The normalized spacial score (nSPS) is 13.8. The number of rotatable bonds is 9. The van der Waals surface area contributed by atoms with Gasteiger partial charge in [0, 0.05) is 23.9 Å². The van der Waals surface area contributed by atoms with E-state index in [-0.39, 0.29) is 5.91 Å². The average molecular weight is 444 g/mol. The van der Waals surface area contributed by atoms with E-state index in [0.29, 0.717) is 36.0 Å². The Bertz CT molecular complexity index is 1160. The summed E-state index contributed by atoms with van der Waals surface area (Å²) >= 11 is 0. The summed E-state index contributed by atoms with van der Waals surface area (Å²) in [5.74, 6) is 1.07. The van der Waals surface area contributed by atoms with Gasteiger partial charge in [-0.05, 0) is 50.2 Å². The maximum absolute atomic E-state index is 13.2. The number of hydrogen-bond donors (Lipinski definition) is 3. The third-order valence-corrected chi connectivity index (χ3v) is 5.34. The summed E-state index contributed by atoms with van der Waals surface area (Å²) in [6.45, 7) is 5.66. The molecule has 0 spiro atoms. The third-order valence-electron chi connectivity index (χ3n) is 5.34. The van der Waals surface area contributed by atoms with Gasteiger partial charge >= 0.3 is 0 Å². The van der Waals surface area contributed by atoms with Crippen LogP contribution < -0.4 is 25.4 Å². The predicted molar refractivity (Wildman–Crippen MR) is 133 cm³/mol. The van der Waals surface area contributed by atoms with Crippen molar-refractivity contribution in [2.75, 3.05) is 30.9 Å². The largest absolute Gasteiger partial charge is 0.490 e. The van der Waals surface area contributed by atoms with Crippen molar-refractivity contribution in [3.05, 3.63) is 83.4 Å². The van der Waals surface area contributed by atoms with Gasteiger partial charge in [-0.25, -0.2) is 0 Å². The Morgan fingerprint density at radius 3 is 2.21 bits per heavy atom. The number of anilines is 2. The lowest BCUT2D eigenvalue weighted by Gasteiger charge is -2.16. The zero-order valence-electron chi connectivity index (χ0n) is 19.2. The Balaban J connectivity index is 1.84. The summed E-state index contributed by atoms with van der Waals surface area (Å²) in [6.07, 6.45) is 0. The van der Waals surface area contributed by atoms with Crippen LogP contribution in [0.15, 0.2) is 66.7 Å². The highest BCUT2D eigenvalue weighted by Crippen LogP contribution is 2.43. The van der Waals surface area contributed by atoms with Gasteiger partial charge in [-0.15, -0.1) is 0 Å². The van der Waals surface area contributed by atoms with Gasteiger partial charge in [0.05, 0.1) is 30.2 Å². The average Bonchev–Trinajstić information content (AvgIpc) is 3.14. The molecule has 0 bridgehead atoms. The monoisotopic (exact) mass is 443 g/mol. The number of carbonyl (C=O) groups excluding carboxylic acids is 1. The Morgan fingerprint density at radius 1 is 0.909 bits per heavy atom. The minimum atomic E-state index is -0.167. The molecule has 0 aliphatic carbocycles. The van der Waals surface area contributed by atoms with Crippen LogP contribution in [0.3, 0.4) is 0 Å². The zero-order chi connectivity index (χ0) is 23.2. The van der Waals surface area contributed by atoms with E-state index in [9.17, 15) is 4.79 Å². The second-order valence-electron chi connectivity index (χ2n) is 7.63. The van der Waals surface area contributed by atoms with E-state index in [4.69, 9.17) is 9.47 Å². The molecule has 0 fully saturated rings. The molecule has 1 aliphatic rings. The lowest BCUT2D eigenvalue weighted by molar-refractivity contribution is -0.110. The molecule has 3 aromatic carbocycles. The van der Waals surface area contributed by atoms with Crippen LogP contribution in [0.2, 0.25) is 0 Å². The van der Waals surface area contributed by atoms with Gasteiger partial charge < -0.3 is 25.4 Å². The van der Waals surface area contributed by atoms with Crippen molar-refractivity contribution in [2.45, 2.75) is 20.4 Å². The molecule has 0 unspecified atom stereocenters. The van der Waals surface area contributed by atoms with Crippen LogP contribution in [0.1, 0.15) is 30.5 Å². The number of amides is 1. The molecule has 6 heteroatoms. The van der Waals surface area contributed by atoms with E-state index >= 15 is 0 Å². The molecule has 1 aliphatic heterocycles. The smallest absolute Gasteiger partial charge is 0.258 e. The zero-order valence-corrected chi connectivity index (χ0v) is 19.2. The molecule has 1 amide bonds. The summed E-state index contributed by atoms with van der Waals surface area (Å²) in [7, 11) is 1.92. The van der Waals surface area contributed by atoms with Gasteiger partial charge in [0.15, 0.2) is 11.5 Å². The number of nitrogens with one attached hydrogen (secondary N) is 3. The quantitative estimate of drug-likeness (QED) is 0.400. The first-order valence-corrected chi connectivity index (χ1v) is 11.2. The number of benzene rings is 3. The van der Waals surface area contributed by atoms with Gasteiger partial charge in [0.1, 0.15) is 0 Å². The van der Waals surface area contributed by atoms with E-state index in [0.717, 1.165) is 29.1 Å². The van der Waals surface area contributed by atoms with E-state index in [1.54, 1.807) is 0 Å². The van der Waals surface area contributed by atoms with Crippen LogP contribution in [-0.4, -0.2) is 26.2 Å². The van der Waals surface area contributed by atoms with Crippen molar-refractivity contribution in [1.29, 1.82) is 0 Å². The molecule has 0 aromatic heterocycles. The van der Waals surface area contributed by atoms with E-state index in [1.165, 1.54) is 5.56 Å². The summed E-state index contributed by atoms with van der Waals surface area (Å²) in [5.41, 5.74) is 5.80. The van der Waals surface area contributed by atoms with E-state index < -0.39 is 0 Å². The minimum absolute atomic E-state index is 0.167. The highest BCUT2D eigenvalue weighted by atomic mass is 16.5. The standard InChI is InChI=1S/C27H29N3O3/c1-4-32-23-15-21-22(16-24(23)33-5-2)30-27(31)25(21)26(19-9-7-6-8-10-19)29-20-13-11-18(12-14-20)17-28-3/h6-16,28-29H,4-5,17H2,1-3H3,(H,30,31)/b26-25-. The maximum Gasteiger partial charge on any atom is 0.258 e. The molecule has 170 valence electrons. The maximum atomic E-state index is 13.2. The number of carbonyl (C=O) groups is 1. The van der Waals surface area contributed by atoms with Gasteiger partial charge in [-0.2, -0.15) is 0 Å². The van der Waals surface area contributed by atoms with Gasteiger partial charge in [-0.3, -0.25) is 4.79 Å². The number of fused-ring (bicyclic) bond motifs is 1. The first-order chi connectivity index (χ1) is 16.1. The second-order valence-corrected chi connectivity index (χ2v) is 7.63. The fourth-order valence-corrected chi connectivity index (χ4v) is 3.90. The molecule has 1 heterocycles. The van der Waals surface area contributed by atoms with E-state index in [1.807, 2.05) is 75.5 Å². The molecular formula is C27H29N3O3. The Labute approximate surface area is 194 Å². The van der Waals surface area contributed by atoms with Gasteiger partial charge in [-0.1, -0.05) is 42.5 Å². The molecular weight excluding hydrogens is 414 g/mol. The highest BCUT2D eigenvalue weighted by molar-refractivity contribution is 6.37. The van der Waals surface area contributed by atoms with Crippen molar-refractivity contribution in [2.24, 2.45) is 0 Å². The van der Waals surface area contributed by atoms with Gasteiger partial charge in [0.25, 0.3) is 5.91 Å². The van der Waals surface area contributed by atoms with Crippen molar-refractivity contribution in [3.8, 4) is 11.5 Å². The Morgan fingerprint density at radius 2 is 1.58 bits per heavy atom. The molecule has 4 rings (SSSR count). The number of hydrogen-bond acceptors (Lipinski definition) is 5. The summed E-state index contributed by atoms with van der Waals surface area (Å²) in [4.78, 5) is 13.2. The molecule has 0 saturated carbocycles. The second kappa shape index (κ2) is 10.2. The molecule has 6 nitrogen and oxygen atoms in total. The first kappa shape index (κ1) is 22.4. The van der Waals surface area contributed by atoms with E-state index in [2.05, 4.69) is 28.1 Å². The van der Waals surface area contributed by atoms with Crippen molar-refractivity contribution in [1.82, 2.24) is 5.32 Å². The lowest BCUT2D eigenvalue weighted by Crippen LogP contribution is -2.10. The van der Waals surface area contributed by atoms with Crippen LogP contribution in [0.25, 0.3) is 11.3 Å². The highest BCUT2D eigenvalue weighted by Gasteiger charge is 2.30. The summed E-state index contributed by atoms with van der Waals surface area (Å²) in [5, 5.41) is 9.65. The number of ether oxygens (including phenoxy) is 2. The molecule has 0 radical (unpaired) electrons. The van der Waals surface area contributed by atoms with Crippen molar-refractivity contribution in [3.63, 3.8) is 0 Å². The SMILES string of the molecule is CCOc1cc2c(cc1OCC)/C(=C(/Nc1ccc(CNC)cc1)c1ccccc1)C(=O)N2. The van der Waals surface area contributed by atoms with Crippen LogP contribution in [0.4, 0.5) is 11.4 Å². The third kappa shape index (κ3) is 4.86. The molecule has 3 N–H and O–H groups in total. The molecule has 0 saturated heterocycles. The summed E-state index contributed by atoms with van der Waals surface area (Å²) in [6, 6.07) is 21.8. The summed E-state index contributed by atoms with van der Waals surface area (Å²) < 4.78 is 11.6. The Hall–Kier alpha value is -3.77. The fourth-order valence-electron chi connectivity index (χ4n) is 3.90. The molecule has 33 heavy (non-hydrogen) atoms. The fraction of sp³-hybridized carbons (Fsp3) is 0.222. The lowest BCUT2D eigenvalue weighted by atomic mass is 9.99. The van der Waals surface area contributed by atoms with Crippen LogP contribution in [0.5, 0.6) is 11.5 Å². The predicted octanol–water partition coefficient (Wildman–Crippen LogP) is 5.14. The van der Waals surface area contributed by atoms with Crippen LogP contribution >= 0.6 is 0 Å². The Kier molecular flexibility index (Phi) is 6.95. The van der Waals surface area contributed by atoms with Crippen molar-refractivity contribution < 1.29 is 14.3 Å². The topological polar surface area (TPSA) is 71.6 Å². The first-order valence-electron chi connectivity index (χ1n) is 11.2. The van der Waals surface area contributed by atoms with Crippen molar-refractivity contribution >= 4 is 28.6 Å². The molecule has 3 aromatic rings. The van der Waals surface area contributed by atoms with Crippen LogP contribution in [0, 0.1) is 0 Å². The molecule has 0 atom stereocenters.